The van der Waals surface area contributed by atoms with E-state index in [1.807, 2.05) is 0 Å². The van der Waals surface area contributed by atoms with Gasteiger partial charge in [0.2, 0.25) is 5.43 Å². The summed E-state index contributed by atoms with van der Waals surface area (Å²) < 4.78 is 44.2. The molecular weight excluding hydrogens is 311 g/mol. The highest BCUT2D eigenvalue weighted by Gasteiger charge is 2.35. The van der Waals surface area contributed by atoms with Gasteiger partial charge in [-0.2, -0.15) is 13.2 Å². The lowest BCUT2D eigenvalue weighted by Gasteiger charge is -2.24. The number of nitrogens with one attached hydrogen (secondary N) is 1. The van der Waals surface area contributed by atoms with Gasteiger partial charge >= 0.3 is 6.18 Å². The summed E-state index contributed by atoms with van der Waals surface area (Å²) in [5.41, 5.74) is -2.25. The van der Waals surface area contributed by atoms with Crippen molar-refractivity contribution in [1.82, 2.24) is 4.98 Å². The maximum Gasteiger partial charge on any atom is 0.431 e. The summed E-state index contributed by atoms with van der Waals surface area (Å²) in [6.45, 7) is 12.1. The number of pyridine rings is 1. The molecule has 1 heterocycles. The molecule has 3 nitrogen and oxygen atoms in total. The summed E-state index contributed by atoms with van der Waals surface area (Å²) in [6, 6.07) is 1.40. The second-order valence-electron chi connectivity index (χ2n) is 7.66. The fourth-order valence-electron chi connectivity index (χ4n) is 1.83. The van der Waals surface area contributed by atoms with E-state index in [1.54, 1.807) is 20.8 Å². The number of alkyl halides is 3. The standard InChI is InChI=1S/C15H24F3NO2Si/c1-14(2,3)13-12(21-7-8-22(4,5)6)10(20)9-11(19-13)15(16,17)18/h9H,7-8H2,1-6H3,(H,19,20). The molecule has 0 aromatic carbocycles. The van der Waals surface area contributed by atoms with Crippen molar-refractivity contribution in [3.63, 3.8) is 0 Å². The van der Waals surface area contributed by atoms with Crippen LogP contribution in [0.1, 0.15) is 32.2 Å². The molecule has 0 saturated heterocycles. The minimum Gasteiger partial charge on any atom is -0.488 e. The molecule has 0 saturated carbocycles. The van der Waals surface area contributed by atoms with Gasteiger partial charge < -0.3 is 9.72 Å². The molecule has 1 aromatic heterocycles. The summed E-state index contributed by atoms with van der Waals surface area (Å²) in [5, 5.41) is 0. The van der Waals surface area contributed by atoms with Crippen LogP contribution < -0.4 is 10.2 Å². The third-order valence-corrected chi connectivity index (χ3v) is 4.84. The maximum atomic E-state index is 12.9. The van der Waals surface area contributed by atoms with E-state index >= 15 is 0 Å². The van der Waals surface area contributed by atoms with Crippen LogP contribution in [0.5, 0.6) is 5.75 Å². The van der Waals surface area contributed by atoms with Crippen LogP contribution in [0.3, 0.4) is 0 Å². The smallest absolute Gasteiger partial charge is 0.431 e. The highest BCUT2D eigenvalue weighted by molar-refractivity contribution is 6.76. The zero-order chi connectivity index (χ0) is 17.3. The summed E-state index contributed by atoms with van der Waals surface area (Å²) in [6.07, 6.45) is -4.59. The Labute approximate surface area is 129 Å². The topological polar surface area (TPSA) is 42.1 Å². The first-order chi connectivity index (χ1) is 9.72. The molecule has 0 spiro atoms. The Balaban J connectivity index is 3.24. The van der Waals surface area contributed by atoms with Crippen LogP contribution in [0, 0.1) is 0 Å². The molecule has 0 unspecified atom stereocenters. The molecule has 0 aliphatic rings. The van der Waals surface area contributed by atoms with Crippen LogP contribution in [0.2, 0.25) is 25.7 Å². The highest BCUT2D eigenvalue weighted by atomic mass is 28.3. The Hall–Kier alpha value is -1.24. The average Bonchev–Trinajstić information content (AvgIpc) is 2.26. The SMILES string of the molecule is CC(C)(C)c1[nH]c(C(F)(F)F)cc(=O)c1OCC[Si](C)(C)C. The van der Waals surface area contributed by atoms with Gasteiger partial charge in [0.05, 0.1) is 12.3 Å². The lowest BCUT2D eigenvalue weighted by Crippen LogP contribution is -2.27. The van der Waals surface area contributed by atoms with E-state index < -0.39 is 30.8 Å². The average molecular weight is 335 g/mol. The molecule has 0 atom stereocenters. The summed E-state index contributed by atoms with van der Waals surface area (Å²) in [7, 11) is -1.35. The van der Waals surface area contributed by atoms with Crippen LogP contribution in [0.25, 0.3) is 0 Å². The van der Waals surface area contributed by atoms with Crippen molar-refractivity contribution in [2.75, 3.05) is 6.61 Å². The molecular formula is C15H24F3NO2Si. The van der Waals surface area contributed by atoms with Crippen molar-refractivity contribution in [3.05, 3.63) is 27.7 Å². The number of ether oxygens (including phenoxy) is 1. The number of aromatic nitrogens is 1. The fourth-order valence-corrected chi connectivity index (χ4v) is 2.55. The van der Waals surface area contributed by atoms with Gasteiger partial charge in [-0.1, -0.05) is 40.4 Å². The maximum absolute atomic E-state index is 12.9. The van der Waals surface area contributed by atoms with Gasteiger partial charge in [-0.15, -0.1) is 0 Å². The van der Waals surface area contributed by atoms with E-state index in [-0.39, 0.29) is 11.4 Å². The van der Waals surface area contributed by atoms with E-state index in [9.17, 15) is 18.0 Å². The van der Waals surface area contributed by atoms with E-state index in [0.717, 1.165) is 6.04 Å². The largest absolute Gasteiger partial charge is 0.488 e. The Morgan fingerprint density at radius 2 is 1.73 bits per heavy atom. The van der Waals surface area contributed by atoms with E-state index in [4.69, 9.17) is 4.74 Å². The van der Waals surface area contributed by atoms with Crippen LogP contribution in [0.15, 0.2) is 10.9 Å². The second-order valence-corrected chi connectivity index (χ2v) is 13.3. The van der Waals surface area contributed by atoms with Crippen molar-refractivity contribution in [2.24, 2.45) is 0 Å². The van der Waals surface area contributed by atoms with Gasteiger partial charge in [-0.25, -0.2) is 0 Å². The third-order valence-electron chi connectivity index (χ3n) is 3.14. The predicted molar refractivity (Wildman–Crippen MR) is 84.4 cm³/mol. The normalized spacial score (nSPS) is 13.3. The zero-order valence-electron chi connectivity index (χ0n) is 13.9. The molecule has 0 amide bonds. The van der Waals surface area contributed by atoms with E-state index in [0.29, 0.717) is 12.7 Å². The number of aromatic amines is 1. The number of hydrogen-bond acceptors (Lipinski definition) is 2. The van der Waals surface area contributed by atoms with E-state index in [2.05, 4.69) is 24.6 Å². The van der Waals surface area contributed by atoms with Gasteiger partial charge in [0.15, 0.2) is 5.75 Å². The zero-order valence-corrected chi connectivity index (χ0v) is 14.9. The molecule has 0 bridgehead atoms. The van der Waals surface area contributed by atoms with E-state index in [1.165, 1.54) is 0 Å². The minimum absolute atomic E-state index is 0.00116. The van der Waals surface area contributed by atoms with Gasteiger partial charge in [-0.3, -0.25) is 4.79 Å². The number of halogens is 3. The Kier molecular flexibility index (Phi) is 5.21. The molecule has 1 aromatic rings. The van der Waals surface area contributed by atoms with Crippen LogP contribution in [-0.4, -0.2) is 19.7 Å². The Morgan fingerprint density at radius 1 is 1.18 bits per heavy atom. The Morgan fingerprint density at radius 3 is 2.14 bits per heavy atom. The summed E-state index contributed by atoms with van der Waals surface area (Å²) in [5.74, 6) is -0.00116. The monoisotopic (exact) mass is 335 g/mol. The van der Waals surface area contributed by atoms with Gasteiger partial charge in [0, 0.05) is 19.6 Å². The minimum atomic E-state index is -4.59. The second kappa shape index (κ2) is 6.10. The lowest BCUT2D eigenvalue weighted by atomic mass is 9.90. The van der Waals surface area contributed by atoms with Crippen LogP contribution >= 0.6 is 0 Å². The van der Waals surface area contributed by atoms with Crippen molar-refractivity contribution in [3.8, 4) is 5.75 Å². The van der Waals surface area contributed by atoms with Gasteiger partial charge in [-0.05, 0) is 6.04 Å². The summed E-state index contributed by atoms with van der Waals surface area (Å²) >= 11 is 0. The molecule has 0 aliphatic carbocycles. The first kappa shape index (κ1) is 18.8. The van der Waals surface area contributed by atoms with Crippen molar-refractivity contribution < 1.29 is 17.9 Å². The third kappa shape index (κ3) is 5.19. The molecule has 1 N–H and O–H groups in total. The fraction of sp³-hybridized carbons (Fsp3) is 0.667. The molecule has 0 radical (unpaired) electrons. The van der Waals surface area contributed by atoms with Crippen molar-refractivity contribution in [2.45, 2.75) is 58.0 Å². The highest BCUT2D eigenvalue weighted by Crippen LogP contribution is 2.32. The number of hydrogen-bond donors (Lipinski definition) is 1. The Bertz CT molecular complexity index is 580. The van der Waals surface area contributed by atoms with Crippen molar-refractivity contribution >= 4 is 8.07 Å². The predicted octanol–water partition coefficient (Wildman–Crippen LogP) is 4.41. The first-order valence-electron chi connectivity index (χ1n) is 7.19. The molecule has 7 heteroatoms. The van der Waals surface area contributed by atoms with Gasteiger partial charge in [0.1, 0.15) is 5.69 Å². The quantitative estimate of drug-likeness (QED) is 0.828. The first-order valence-corrected chi connectivity index (χ1v) is 10.9. The molecule has 126 valence electrons. The number of H-pyrrole nitrogens is 1. The van der Waals surface area contributed by atoms with Crippen molar-refractivity contribution in [1.29, 1.82) is 0 Å². The van der Waals surface area contributed by atoms with Gasteiger partial charge in [0.25, 0.3) is 0 Å². The summed E-state index contributed by atoms with van der Waals surface area (Å²) in [4.78, 5) is 14.4. The number of rotatable bonds is 4. The molecule has 0 aliphatic heterocycles. The van der Waals surface area contributed by atoms with Crippen LogP contribution in [-0.2, 0) is 11.6 Å². The lowest BCUT2D eigenvalue weighted by molar-refractivity contribution is -0.141. The van der Waals surface area contributed by atoms with Crippen LogP contribution in [0.4, 0.5) is 13.2 Å². The molecule has 22 heavy (non-hydrogen) atoms. The molecule has 0 fully saturated rings. The molecule has 1 rings (SSSR count).